The molecule has 80 valence electrons. The molecular weight excluding hydrogens is 218 g/mol. The van der Waals surface area contributed by atoms with E-state index in [1.165, 1.54) is 0 Å². The summed E-state index contributed by atoms with van der Waals surface area (Å²) in [4.78, 5) is 13.4. The first-order chi connectivity index (χ1) is 7.75. The minimum Gasteiger partial charge on any atom is -0.402 e. The van der Waals surface area contributed by atoms with E-state index in [-0.39, 0.29) is 5.43 Å². The van der Waals surface area contributed by atoms with E-state index in [1.807, 2.05) is 30.3 Å². The van der Waals surface area contributed by atoms with Gasteiger partial charge in [-0.15, -0.1) is 11.3 Å². The molecule has 1 heterocycles. The normalized spacial score (nSPS) is 14.6. The summed E-state index contributed by atoms with van der Waals surface area (Å²) in [5, 5.41) is 0.803. The first-order valence-corrected chi connectivity index (χ1v) is 6.08. The third-order valence-electron chi connectivity index (χ3n) is 2.88. The maximum atomic E-state index is 12.2. The van der Waals surface area contributed by atoms with Crippen LogP contribution in [0.2, 0.25) is 0 Å². The fraction of sp³-hybridized carbons (Fsp3) is 0.154. The van der Waals surface area contributed by atoms with Crippen molar-refractivity contribution in [3.05, 3.63) is 50.6 Å². The molecule has 0 atom stereocenters. The second-order valence-corrected chi connectivity index (χ2v) is 5.12. The molecule has 0 saturated heterocycles. The van der Waals surface area contributed by atoms with Gasteiger partial charge in [0.1, 0.15) is 0 Å². The molecule has 0 fully saturated rings. The van der Waals surface area contributed by atoms with Crippen LogP contribution in [0.4, 0.5) is 0 Å². The highest BCUT2D eigenvalue weighted by Gasteiger charge is 2.14. The number of nitrogens with two attached hydrogens (primary N) is 1. The summed E-state index contributed by atoms with van der Waals surface area (Å²) in [7, 11) is 0. The number of hydrogen-bond acceptors (Lipinski definition) is 3. The summed E-state index contributed by atoms with van der Waals surface area (Å²) in [5.74, 6) is 0. The Morgan fingerprint density at radius 3 is 2.88 bits per heavy atom. The molecule has 1 aromatic carbocycles. The van der Waals surface area contributed by atoms with E-state index in [0.717, 1.165) is 39.1 Å². The van der Waals surface area contributed by atoms with E-state index in [2.05, 4.69) is 0 Å². The maximum Gasteiger partial charge on any atom is 0.195 e. The van der Waals surface area contributed by atoms with Crippen molar-refractivity contribution in [2.24, 2.45) is 5.73 Å². The first kappa shape index (κ1) is 9.60. The van der Waals surface area contributed by atoms with Crippen LogP contribution in [-0.2, 0) is 6.42 Å². The SMILES string of the molecule is NC1=Cc2c(sc3ccccc3c2=O)CC1. The van der Waals surface area contributed by atoms with E-state index in [0.29, 0.717) is 0 Å². The third-order valence-corrected chi connectivity index (χ3v) is 4.13. The van der Waals surface area contributed by atoms with Gasteiger partial charge in [0.15, 0.2) is 5.43 Å². The van der Waals surface area contributed by atoms with Gasteiger partial charge in [-0.1, -0.05) is 12.1 Å². The molecule has 1 aliphatic rings. The highest BCUT2D eigenvalue weighted by Crippen LogP contribution is 2.27. The van der Waals surface area contributed by atoms with Gasteiger partial charge in [0.2, 0.25) is 0 Å². The average molecular weight is 229 g/mol. The molecule has 1 aromatic heterocycles. The molecule has 1 aliphatic carbocycles. The smallest absolute Gasteiger partial charge is 0.195 e. The Morgan fingerprint density at radius 1 is 1.19 bits per heavy atom. The number of aryl methyl sites for hydroxylation is 1. The lowest BCUT2D eigenvalue weighted by atomic mass is 10.0. The Labute approximate surface area is 97.0 Å². The van der Waals surface area contributed by atoms with Crippen LogP contribution in [0.1, 0.15) is 16.9 Å². The van der Waals surface area contributed by atoms with Crippen LogP contribution in [0.5, 0.6) is 0 Å². The summed E-state index contributed by atoms with van der Waals surface area (Å²) in [6.07, 6.45) is 3.59. The largest absolute Gasteiger partial charge is 0.402 e. The van der Waals surface area contributed by atoms with Gasteiger partial charge in [0, 0.05) is 26.2 Å². The number of hydrogen-bond donors (Lipinski definition) is 1. The number of rotatable bonds is 0. The fourth-order valence-electron chi connectivity index (χ4n) is 2.05. The Bertz CT molecular complexity index is 655. The van der Waals surface area contributed by atoms with Crippen LogP contribution >= 0.6 is 11.3 Å². The average Bonchev–Trinajstić information content (AvgIpc) is 2.31. The van der Waals surface area contributed by atoms with Crippen molar-refractivity contribution < 1.29 is 0 Å². The van der Waals surface area contributed by atoms with Gasteiger partial charge < -0.3 is 5.73 Å². The van der Waals surface area contributed by atoms with Gasteiger partial charge in [-0.3, -0.25) is 4.79 Å². The summed E-state index contributed by atoms with van der Waals surface area (Å²) in [6.45, 7) is 0. The predicted octanol–water partition coefficient (Wildman–Crippen LogP) is 2.51. The van der Waals surface area contributed by atoms with Crippen LogP contribution in [0.25, 0.3) is 16.2 Å². The van der Waals surface area contributed by atoms with Gasteiger partial charge >= 0.3 is 0 Å². The Hall–Kier alpha value is -1.61. The Kier molecular flexibility index (Phi) is 2.07. The Morgan fingerprint density at radius 2 is 2.00 bits per heavy atom. The molecule has 0 unspecified atom stereocenters. The molecule has 0 saturated carbocycles. The molecule has 0 radical (unpaired) electrons. The standard InChI is InChI=1S/C13H11NOS/c14-8-5-6-12-10(7-8)13(15)9-3-1-2-4-11(9)16-12/h1-4,7H,5-6,14H2. The Balaban J connectivity index is 2.44. The molecule has 2 N–H and O–H groups in total. The van der Waals surface area contributed by atoms with Gasteiger partial charge in [-0.2, -0.15) is 0 Å². The van der Waals surface area contributed by atoms with Crippen molar-refractivity contribution in [3.63, 3.8) is 0 Å². The molecule has 16 heavy (non-hydrogen) atoms. The summed E-state index contributed by atoms with van der Waals surface area (Å²) in [5.41, 5.74) is 7.52. The lowest BCUT2D eigenvalue weighted by molar-refractivity contribution is 0.930. The van der Waals surface area contributed by atoms with Crippen LogP contribution in [0.3, 0.4) is 0 Å². The van der Waals surface area contributed by atoms with Gasteiger partial charge in [-0.25, -0.2) is 0 Å². The molecule has 0 aliphatic heterocycles. The van der Waals surface area contributed by atoms with Crippen LogP contribution < -0.4 is 11.2 Å². The zero-order valence-corrected chi connectivity index (χ0v) is 9.51. The number of benzene rings is 1. The quantitative estimate of drug-likeness (QED) is 0.754. The van der Waals surface area contributed by atoms with E-state index < -0.39 is 0 Å². The molecule has 2 aromatic rings. The van der Waals surface area contributed by atoms with Crippen molar-refractivity contribution in [1.82, 2.24) is 0 Å². The second kappa shape index (κ2) is 3.46. The predicted molar refractivity (Wildman–Crippen MR) is 68.6 cm³/mol. The topological polar surface area (TPSA) is 43.1 Å². The molecule has 3 rings (SSSR count). The minimum atomic E-state index is 0.118. The van der Waals surface area contributed by atoms with Crippen LogP contribution in [0.15, 0.2) is 34.8 Å². The molecule has 3 heteroatoms. The van der Waals surface area contributed by atoms with Gasteiger partial charge in [0.05, 0.1) is 0 Å². The van der Waals surface area contributed by atoms with Crippen LogP contribution in [0, 0.1) is 0 Å². The highest BCUT2D eigenvalue weighted by atomic mass is 32.1. The molecule has 2 nitrogen and oxygen atoms in total. The van der Waals surface area contributed by atoms with Gasteiger partial charge in [0.25, 0.3) is 0 Å². The zero-order valence-electron chi connectivity index (χ0n) is 8.69. The van der Waals surface area contributed by atoms with Crippen molar-refractivity contribution in [1.29, 1.82) is 0 Å². The zero-order chi connectivity index (χ0) is 11.1. The van der Waals surface area contributed by atoms with Crippen LogP contribution in [-0.4, -0.2) is 0 Å². The summed E-state index contributed by atoms with van der Waals surface area (Å²) >= 11 is 1.71. The maximum absolute atomic E-state index is 12.2. The minimum absolute atomic E-state index is 0.118. The monoisotopic (exact) mass is 229 g/mol. The van der Waals surface area contributed by atoms with Crippen molar-refractivity contribution in [2.45, 2.75) is 12.8 Å². The second-order valence-electron chi connectivity index (χ2n) is 3.98. The third kappa shape index (κ3) is 1.36. The van der Waals surface area contributed by atoms with Crippen molar-refractivity contribution >= 4 is 27.5 Å². The molecule has 0 bridgehead atoms. The lowest BCUT2D eigenvalue weighted by Crippen LogP contribution is -2.14. The molecule has 0 amide bonds. The summed E-state index contributed by atoms with van der Waals surface area (Å²) < 4.78 is 1.07. The highest BCUT2D eigenvalue weighted by molar-refractivity contribution is 7.18. The summed E-state index contributed by atoms with van der Waals surface area (Å²) in [6, 6.07) is 7.76. The number of allylic oxidation sites excluding steroid dienone is 1. The number of fused-ring (bicyclic) bond motifs is 2. The fourth-order valence-corrected chi connectivity index (χ4v) is 3.20. The van der Waals surface area contributed by atoms with Crippen molar-refractivity contribution in [3.8, 4) is 0 Å². The molecular formula is C13H11NOS. The lowest BCUT2D eigenvalue weighted by Gasteiger charge is -2.12. The first-order valence-electron chi connectivity index (χ1n) is 5.26. The van der Waals surface area contributed by atoms with E-state index in [9.17, 15) is 4.79 Å². The van der Waals surface area contributed by atoms with E-state index in [1.54, 1.807) is 11.3 Å². The van der Waals surface area contributed by atoms with E-state index in [4.69, 9.17) is 5.73 Å². The molecule has 0 spiro atoms. The van der Waals surface area contributed by atoms with Crippen molar-refractivity contribution in [2.75, 3.05) is 0 Å². The van der Waals surface area contributed by atoms with Gasteiger partial charge in [-0.05, 0) is 31.1 Å². The van der Waals surface area contributed by atoms with E-state index >= 15 is 0 Å².